The molecule has 1 saturated heterocycles. The molecule has 3 aliphatic rings. The lowest BCUT2D eigenvalue weighted by atomic mass is 9.88. The number of rotatable bonds is 2. The summed E-state index contributed by atoms with van der Waals surface area (Å²) in [6, 6.07) is 14.0. The zero-order valence-corrected chi connectivity index (χ0v) is 20.2. The van der Waals surface area contributed by atoms with Crippen molar-refractivity contribution in [1.82, 2.24) is 19.7 Å². The molecule has 188 valence electrons. The van der Waals surface area contributed by atoms with Crippen molar-refractivity contribution < 1.29 is 23.7 Å². The Labute approximate surface area is 213 Å². The van der Waals surface area contributed by atoms with Crippen molar-refractivity contribution in [2.75, 3.05) is 26.7 Å². The number of hydrogen-bond donors (Lipinski definition) is 0. The third-order valence-corrected chi connectivity index (χ3v) is 6.81. The van der Waals surface area contributed by atoms with Gasteiger partial charge in [0.15, 0.2) is 13.6 Å². The van der Waals surface area contributed by atoms with Gasteiger partial charge in [0.25, 0.3) is 5.82 Å². The number of aromatic nitrogens is 3. The highest BCUT2D eigenvalue weighted by atomic mass is 16.7. The van der Waals surface area contributed by atoms with E-state index in [4.69, 9.17) is 24.2 Å². The van der Waals surface area contributed by atoms with Crippen molar-refractivity contribution in [2.24, 2.45) is 0 Å². The number of carbonyl (C=O) groups is 1. The van der Waals surface area contributed by atoms with E-state index in [-0.39, 0.29) is 25.4 Å². The maximum absolute atomic E-state index is 13.0. The largest absolute Gasteiger partial charge is 0.467 e. The van der Waals surface area contributed by atoms with Gasteiger partial charge in [0, 0.05) is 24.2 Å². The first kappa shape index (κ1) is 23.2. The van der Waals surface area contributed by atoms with E-state index >= 15 is 0 Å². The van der Waals surface area contributed by atoms with Crippen molar-refractivity contribution in [3.05, 3.63) is 76.4 Å². The Bertz CT molecular complexity index is 1360. The second-order valence-electron chi connectivity index (χ2n) is 9.09. The number of nitriles is 1. The monoisotopic (exact) mass is 499 g/mol. The molecular weight excluding hydrogens is 474 g/mol. The number of ether oxygens (including phenoxy) is 4. The van der Waals surface area contributed by atoms with E-state index in [0.29, 0.717) is 32.7 Å². The average Bonchev–Trinajstić information content (AvgIpc) is 3.31. The van der Waals surface area contributed by atoms with Crippen LogP contribution in [0.2, 0.25) is 0 Å². The summed E-state index contributed by atoms with van der Waals surface area (Å²) in [4.78, 5) is 18.7. The van der Waals surface area contributed by atoms with Crippen LogP contribution in [0.5, 0.6) is 11.5 Å². The van der Waals surface area contributed by atoms with E-state index < -0.39 is 0 Å². The summed E-state index contributed by atoms with van der Waals surface area (Å²) in [5.41, 5.74) is 6.59. The summed E-state index contributed by atoms with van der Waals surface area (Å²) in [7, 11) is 0. The standard InChI is InChI=1S/C27H25N5O5/c28-12-25-29-15-32(30-25)27(33)31-8-1-2-18(7-9-31)26(19-3-5-23-21(10-19)13-34-16-36-23)20-4-6-24-22(11-20)14-35-17-37-24/h3-6,10-11,15H,1-2,7-9,13-14,16-17H2. The Hall–Kier alpha value is -4.20. The van der Waals surface area contributed by atoms with Crippen LogP contribution in [0.15, 0.2) is 48.3 Å². The van der Waals surface area contributed by atoms with Crippen molar-refractivity contribution in [3.63, 3.8) is 0 Å². The molecular formula is C27H25N5O5. The topological polar surface area (TPSA) is 112 Å². The minimum absolute atomic E-state index is 0.0215. The first-order chi connectivity index (χ1) is 18.2. The van der Waals surface area contributed by atoms with Crippen LogP contribution in [-0.2, 0) is 22.7 Å². The second-order valence-corrected chi connectivity index (χ2v) is 9.09. The van der Waals surface area contributed by atoms with Crippen LogP contribution in [-0.4, -0.2) is 52.4 Å². The molecule has 2 aromatic carbocycles. The maximum atomic E-state index is 13.0. The third-order valence-electron chi connectivity index (χ3n) is 6.81. The van der Waals surface area contributed by atoms with Crippen LogP contribution in [0.25, 0.3) is 5.57 Å². The Kier molecular flexibility index (Phi) is 6.30. The maximum Gasteiger partial charge on any atom is 0.346 e. The molecule has 0 bridgehead atoms. The Morgan fingerprint density at radius 2 is 1.59 bits per heavy atom. The van der Waals surface area contributed by atoms with Gasteiger partial charge in [0.05, 0.1) is 13.2 Å². The lowest BCUT2D eigenvalue weighted by molar-refractivity contribution is -0.0164. The molecule has 6 rings (SSSR count). The molecule has 0 radical (unpaired) electrons. The lowest BCUT2D eigenvalue weighted by Crippen LogP contribution is -2.35. The quantitative estimate of drug-likeness (QED) is 0.523. The number of nitrogens with zero attached hydrogens (tertiary/aromatic N) is 5. The summed E-state index contributed by atoms with van der Waals surface area (Å²) in [5, 5.41) is 13.0. The number of fused-ring (bicyclic) bond motifs is 2. The van der Waals surface area contributed by atoms with E-state index in [1.165, 1.54) is 11.9 Å². The summed E-state index contributed by atoms with van der Waals surface area (Å²) in [5.74, 6) is 1.66. The molecule has 1 fully saturated rings. The Balaban J connectivity index is 1.36. The third kappa shape index (κ3) is 4.67. The molecule has 37 heavy (non-hydrogen) atoms. The Morgan fingerprint density at radius 1 is 0.919 bits per heavy atom. The SMILES string of the molecule is N#Cc1ncn(C(=O)N2CCCC(=C(c3ccc4c(c3)COCO4)c3ccc4c(c3)COCO4)CC2)n1. The fraction of sp³-hybridized carbons (Fsp3) is 0.333. The fourth-order valence-corrected chi connectivity index (χ4v) is 5.05. The zero-order valence-electron chi connectivity index (χ0n) is 20.2. The highest BCUT2D eigenvalue weighted by Gasteiger charge is 2.24. The first-order valence-corrected chi connectivity index (χ1v) is 12.2. The smallest absolute Gasteiger partial charge is 0.346 e. The van der Waals surface area contributed by atoms with Crippen LogP contribution in [0.3, 0.4) is 0 Å². The molecule has 1 amide bonds. The van der Waals surface area contributed by atoms with Gasteiger partial charge < -0.3 is 23.8 Å². The van der Waals surface area contributed by atoms with Gasteiger partial charge in [0.2, 0.25) is 0 Å². The molecule has 10 heteroatoms. The van der Waals surface area contributed by atoms with Gasteiger partial charge in [-0.25, -0.2) is 9.78 Å². The molecule has 10 nitrogen and oxygen atoms in total. The van der Waals surface area contributed by atoms with Crippen LogP contribution >= 0.6 is 0 Å². The highest BCUT2D eigenvalue weighted by Crippen LogP contribution is 2.37. The minimum atomic E-state index is -0.275. The van der Waals surface area contributed by atoms with Gasteiger partial charge in [-0.2, -0.15) is 9.94 Å². The predicted octanol–water partition coefficient (Wildman–Crippen LogP) is 3.84. The first-order valence-electron chi connectivity index (χ1n) is 12.2. The van der Waals surface area contributed by atoms with Crippen LogP contribution < -0.4 is 9.47 Å². The molecule has 0 spiro atoms. The van der Waals surface area contributed by atoms with Gasteiger partial charge in [-0.15, -0.1) is 5.10 Å². The normalized spacial score (nSPS) is 16.9. The number of carbonyl (C=O) groups excluding carboxylic acids is 1. The summed E-state index contributed by atoms with van der Waals surface area (Å²) in [6.07, 6.45) is 3.64. The van der Waals surface area contributed by atoms with E-state index in [1.54, 1.807) is 4.90 Å². The molecule has 0 atom stereocenters. The van der Waals surface area contributed by atoms with Gasteiger partial charge in [0.1, 0.15) is 23.9 Å². The predicted molar refractivity (Wildman–Crippen MR) is 130 cm³/mol. The van der Waals surface area contributed by atoms with E-state index in [2.05, 4.69) is 34.3 Å². The van der Waals surface area contributed by atoms with Gasteiger partial charge in [-0.3, -0.25) is 0 Å². The minimum Gasteiger partial charge on any atom is -0.467 e. The molecule has 0 aliphatic carbocycles. The number of amides is 1. The number of hydrogen-bond acceptors (Lipinski definition) is 8. The second kappa shape index (κ2) is 10.0. The van der Waals surface area contributed by atoms with Crippen molar-refractivity contribution in [3.8, 4) is 17.6 Å². The van der Waals surface area contributed by atoms with Gasteiger partial charge >= 0.3 is 6.03 Å². The Morgan fingerprint density at radius 3 is 2.22 bits per heavy atom. The summed E-state index contributed by atoms with van der Waals surface area (Å²) >= 11 is 0. The molecule has 4 heterocycles. The zero-order chi connectivity index (χ0) is 25.2. The summed E-state index contributed by atoms with van der Waals surface area (Å²) in [6.45, 7) is 2.65. The van der Waals surface area contributed by atoms with E-state index in [1.807, 2.05) is 18.2 Å². The van der Waals surface area contributed by atoms with Crippen LogP contribution in [0, 0.1) is 11.3 Å². The number of likely N-dealkylation sites (tertiary alicyclic amines) is 1. The van der Waals surface area contributed by atoms with Crippen molar-refractivity contribution in [1.29, 1.82) is 5.26 Å². The van der Waals surface area contributed by atoms with E-state index in [9.17, 15) is 4.79 Å². The summed E-state index contributed by atoms with van der Waals surface area (Å²) < 4.78 is 23.5. The molecule has 3 aliphatic heterocycles. The molecule has 0 N–H and O–H groups in total. The molecule has 0 unspecified atom stereocenters. The van der Waals surface area contributed by atoms with Crippen molar-refractivity contribution >= 4 is 11.6 Å². The van der Waals surface area contributed by atoms with Crippen molar-refractivity contribution in [2.45, 2.75) is 32.5 Å². The molecule has 1 aromatic heterocycles. The average molecular weight is 500 g/mol. The molecule has 3 aromatic rings. The fourth-order valence-electron chi connectivity index (χ4n) is 5.05. The number of benzene rings is 2. The van der Waals surface area contributed by atoms with Gasteiger partial charge in [-0.05, 0) is 60.2 Å². The van der Waals surface area contributed by atoms with Crippen LogP contribution in [0.4, 0.5) is 4.79 Å². The molecule has 0 saturated carbocycles. The van der Waals surface area contributed by atoms with E-state index in [0.717, 1.165) is 56.8 Å². The van der Waals surface area contributed by atoms with Crippen LogP contribution in [0.1, 0.15) is 47.3 Å². The van der Waals surface area contributed by atoms with Gasteiger partial charge in [-0.1, -0.05) is 17.7 Å². The lowest BCUT2D eigenvalue weighted by Gasteiger charge is -2.23. The highest BCUT2D eigenvalue weighted by molar-refractivity contribution is 5.84.